The molecule has 0 radical (unpaired) electrons. The van der Waals surface area contributed by atoms with Gasteiger partial charge in [-0.1, -0.05) is 44.2 Å². The fraction of sp³-hybridized carbons (Fsp3) is 0.571. The summed E-state index contributed by atoms with van der Waals surface area (Å²) >= 11 is 0. The van der Waals surface area contributed by atoms with Gasteiger partial charge in [-0.25, -0.2) is 9.07 Å². The highest BCUT2D eigenvalue weighted by Gasteiger charge is 2.18. The number of hydrogen-bond donors (Lipinski definition) is 0. The summed E-state index contributed by atoms with van der Waals surface area (Å²) in [5.41, 5.74) is 2.71. The van der Waals surface area contributed by atoms with E-state index in [1.54, 1.807) is 6.07 Å². The zero-order chi connectivity index (χ0) is 17.6. The van der Waals surface area contributed by atoms with Crippen LogP contribution in [-0.4, -0.2) is 9.78 Å². The lowest BCUT2D eigenvalue weighted by atomic mass is 9.89. The molecule has 0 N–H and O–H groups in total. The molecular formula is C21H30ClFN2O. The highest BCUT2D eigenvalue weighted by molar-refractivity contribution is 5.85. The summed E-state index contributed by atoms with van der Waals surface area (Å²) in [5.74, 6) is 1.24. The molecule has 5 heteroatoms. The van der Waals surface area contributed by atoms with Crippen LogP contribution in [0, 0.1) is 18.7 Å². The summed E-state index contributed by atoms with van der Waals surface area (Å²) in [5, 5.41) is 4.74. The van der Waals surface area contributed by atoms with E-state index in [-0.39, 0.29) is 24.8 Å². The maximum absolute atomic E-state index is 14.0. The van der Waals surface area contributed by atoms with Crippen LogP contribution in [0.4, 0.5) is 4.39 Å². The van der Waals surface area contributed by atoms with E-state index < -0.39 is 0 Å². The Labute approximate surface area is 162 Å². The smallest absolute Gasteiger partial charge is 0.212 e. The molecule has 3 rings (SSSR count). The van der Waals surface area contributed by atoms with Crippen molar-refractivity contribution in [1.29, 1.82) is 0 Å². The van der Waals surface area contributed by atoms with Gasteiger partial charge in [0.15, 0.2) is 0 Å². The second-order valence-electron chi connectivity index (χ2n) is 7.29. The van der Waals surface area contributed by atoms with Crippen molar-refractivity contribution in [3.8, 4) is 5.88 Å². The Balaban J connectivity index is 0.00000243. The maximum atomic E-state index is 14.0. The summed E-state index contributed by atoms with van der Waals surface area (Å²) < 4.78 is 22.0. The lowest BCUT2D eigenvalue weighted by Gasteiger charge is -2.22. The van der Waals surface area contributed by atoms with Gasteiger partial charge in [-0.05, 0) is 44.2 Å². The quantitative estimate of drug-likeness (QED) is 0.601. The molecule has 1 aliphatic rings. The van der Waals surface area contributed by atoms with Crippen molar-refractivity contribution in [1.82, 2.24) is 9.78 Å². The number of aryl methyl sites for hydroxylation is 2. The summed E-state index contributed by atoms with van der Waals surface area (Å²) in [6.07, 6.45) is 8.55. The third-order valence-electron chi connectivity index (χ3n) is 5.03. The largest absolute Gasteiger partial charge is 0.473 e. The van der Waals surface area contributed by atoms with Crippen LogP contribution in [0.15, 0.2) is 24.3 Å². The van der Waals surface area contributed by atoms with Crippen LogP contribution in [-0.2, 0) is 19.6 Å². The van der Waals surface area contributed by atoms with Gasteiger partial charge in [-0.15, -0.1) is 12.4 Å². The summed E-state index contributed by atoms with van der Waals surface area (Å²) in [6, 6.07) is 7.17. The zero-order valence-electron chi connectivity index (χ0n) is 15.8. The predicted octanol–water partition coefficient (Wildman–Crippen LogP) is 5.86. The highest BCUT2D eigenvalue weighted by Crippen LogP contribution is 2.27. The molecule has 0 saturated heterocycles. The SMILES string of the molecule is CCCc1cc(OCc2cc(C)ccc2F)n(CC2CCCCC2)n1.Cl. The van der Waals surface area contributed by atoms with E-state index in [2.05, 4.69) is 6.92 Å². The van der Waals surface area contributed by atoms with Gasteiger partial charge in [0.25, 0.3) is 0 Å². The lowest BCUT2D eigenvalue weighted by Crippen LogP contribution is -2.16. The average molecular weight is 381 g/mol. The fourth-order valence-corrected chi connectivity index (χ4v) is 3.66. The van der Waals surface area contributed by atoms with Gasteiger partial charge in [-0.2, -0.15) is 5.10 Å². The van der Waals surface area contributed by atoms with E-state index in [9.17, 15) is 4.39 Å². The van der Waals surface area contributed by atoms with Crippen LogP contribution in [0.5, 0.6) is 5.88 Å². The number of aromatic nitrogens is 2. The Morgan fingerprint density at radius 3 is 2.69 bits per heavy atom. The third-order valence-corrected chi connectivity index (χ3v) is 5.03. The Kier molecular flexibility index (Phi) is 7.95. The number of nitrogens with zero attached hydrogens (tertiary/aromatic N) is 2. The molecule has 1 fully saturated rings. The van der Waals surface area contributed by atoms with Gasteiger partial charge in [0.1, 0.15) is 12.4 Å². The van der Waals surface area contributed by atoms with Gasteiger partial charge in [-0.3, -0.25) is 0 Å². The molecule has 1 heterocycles. The van der Waals surface area contributed by atoms with Crippen molar-refractivity contribution in [2.45, 2.75) is 71.9 Å². The van der Waals surface area contributed by atoms with Gasteiger partial charge in [0.05, 0.1) is 5.69 Å². The van der Waals surface area contributed by atoms with Crippen molar-refractivity contribution >= 4 is 12.4 Å². The lowest BCUT2D eigenvalue weighted by molar-refractivity contribution is 0.242. The molecule has 0 unspecified atom stereocenters. The van der Waals surface area contributed by atoms with Crippen LogP contribution in [0.1, 0.15) is 62.3 Å². The van der Waals surface area contributed by atoms with Crippen LogP contribution < -0.4 is 4.74 Å². The van der Waals surface area contributed by atoms with Gasteiger partial charge in [0, 0.05) is 18.2 Å². The predicted molar refractivity (Wildman–Crippen MR) is 106 cm³/mol. The number of rotatable bonds is 7. The molecule has 26 heavy (non-hydrogen) atoms. The Bertz CT molecular complexity index is 695. The van der Waals surface area contributed by atoms with Crippen LogP contribution in [0.25, 0.3) is 0 Å². The first-order valence-electron chi connectivity index (χ1n) is 9.60. The van der Waals surface area contributed by atoms with Gasteiger partial charge >= 0.3 is 0 Å². The van der Waals surface area contributed by atoms with Crippen molar-refractivity contribution in [2.24, 2.45) is 5.92 Å². The number of ether oxygens (including phenoxy) is 1. The van der Waals surface area contributed by atoms with Crippen molar-refractivity contribution in [3.63, 3.8) is 0 Å². The number of benzene rings is 1. The molecule has 0 spiro atoms. The van der Waals surface area contributed by atoms with E-state index in [4.69, 9.17) is 9.84 Å². The molecule has 0 bridgehead atoms. The Hall–Kier alpha value is -1.55. The minimum absolute atomic E-state index is 0. The first kappa shape index (κ1) is 20.8. The highest BCUT2D eigenvalue weighted by atomic mass is 35.5. The van der Waals surface area contributed by atoms with Gasteiger partial charge < -0.3 is 4.74 Å². The molecule has 3 nitrogen and oxygen atoms in total. The summed E-state index contributed by atoms with van der Waals surface area (Å²) in [4.78, 5) is 0. The molecule has 1 aromatic carbocycles. The molecule has 1 saturated carbocycles. The summed E-state index contributed by atoms with van der Waals surface area (Å²) in [7, 11) is 0. The molecule has 1 aliphatic carbocycles. The molecule has 144 valence electrons. The van der Waals surface area contributed by atoms with Crippen LogP contribution in [0.2, 0.25) is 0 Å². The maximum Gasteiger partial charge on any atom is 0.212 e. The average Bonchev–Trinajstić information content (AvgIpc) is 2.98. The van der Waals surface area contributed by atoms with Crippen LogP contribution >= 0.6 is 12.4 Å². The molecular weight excluding hydrogens is 351 g/mol. The standard InChI is InChI=1S/C21H29FN2O.ClH/c1-3-7-19-13-21(24(23-19)14-17-8-5-4-6-9-17)25-15-18-12-16(2)10-11-20(18)22;/h10-13,17H,3-9,14-15H2,1-2H3;1H. The minimum Gasteiger partial charge on any atom is -0.473 e. The zero-order valence-corrected chi connectivity index (χ0v) is 16.7. The monoisotopic (exact) mass is 380 g/mol. The molecule has 0 aliphatic heterocycles. The molecule has 0 atom stereocenters. The third kappa shape index (κ3) is 5.47. The van der Waals surface area contributed by atoms with E-state index in [0.717, 1.165) is 36.5 Å². The second kappa shape index (κ2) is 9.96. The molecule has 1 aromatic heterocycles. The fourth-order valence-electron chi connectivity index (χ4n) is 3.66. The number of hydrogen-bond acceptors (Lipinski definition) is 2. The number of halogens is 2. The summed E-state index contributed by atoms with van der Waals surface area (Å²) in [6.45, 7) is 5.28. The van der Waals surface area contributed by atoms with E-state index in [0.29, 0.717) is 11.5 Å². The first-order valence-corrected chi connectivity index (χ1v) is 9.60. The Morgan fingerprint density at radius 2 is 1.96 bits per heavy atom. The molecule has 0 amide bonds. The first-order chi connectivity index (χ1) is 12.2. The normalized spacial score (nSPS) is 14.9. The minimum atomic E-state index is -0.210. The Morgan fingerprint density at radius 1 is 1.19 bits per heavy atom. The molecule has 2 aromatic rings. The van der Waals surface area contributed by atoms with E-state index in [1.807, 2.05) is 23.7 Å². The van der Waals surface area contributed by atoms with Crippen molar-refractivity contribution < 1.29 is 9.13 Å². The van der Waals surface area contributed by atoms with Crippen molar-refractivity contribution in [3.05, 3.63) is 46.9 Å². The van der Waals surface area contributed by atoms with E-state index >= 15 is 0 Å². The second-order valence-corrected chi connectivity index (χ2v) is 7.29. The van der Waals surface area contributed by atoms with E-state index in [1.165, 1.54) is 38.2 Å². The van der Waals surface area contributed by atoms with Gasteiger partial charge in [0.2, 0.25) is 5.88 Å². The van der Waals surface area contributed by atoms with Crippen molar-refractivity contribution in [2.75, 3.05) is 0 Å². The van der Waals surface area contributed by atoms with Crippen LogP contribution in [0.3, 0.4) is 0 Å². The topological polar surface area (TPSA) is 27.1 Å².